The third-order valence-electron chi connectivity index (χ3n) is 1.42. The summed E-state index contributed by atoms with van der Waals surface area (Å²) in [5, 5.41) is 5.89. The van der Waals surface area contributed by atoms with Crippen molar-refractivity contribution in [3.05, 3.63) is 5.28 Å². The van der Waals surface area contributed by atoms with Crippen LogP contribution in [-0.4, -0.2) is 42.3 Å². The summed E-state index contributed by atoms with van der Waals surface area (Å²) in [7, 11) is 3.34. The fraction of sp³-hybridized carbons (Fsp3) is 0.571. The van der Waals surface area contributed by atoms with Gasteiger partial charge in [0.1, 0.15) is 0 Å². The van der Waals surface area contributed by atoms with E-state index in [4.69, 9.17) is 16.3 Å². The summed E-state index contributed by atoms with van der Waals surface area (Å²) in [6.07, 6.45) is 0. The number of nitrogens with one attached hydrogen (secondary N) is 2. The van der Waals surface area contributed by atoms with Crippen LogP contribution in [0.1, 0.15) is 0 Å². The molecule has 1 heterocycles. The molecule has 14 heavy (non-hydrogen) atoms. The quantitative estimate of drug-likeness (QED) is 0.705. The zero-order chi connectivity index (χ0) is 10.4. The molecule has 0 saturated carbocycles. The lowest BCUT2D eigenvalue weighted by Gasteiger charge is -2.05. The van der Waals surface area contributed by atoms with Crippen molar-refractivity contribution >= 4 is 23.5 Å². The van der Waals surface area contributed by atoms with E-state index in [1.165, 1.54) is 0 Å². The lowest BCUT2D eigenvalue weighted by atomic mass is 10.7. The van der Waals surface area contributed by atoms with E-state index >= 15 is 0 Å². The van der Waals surface area contributed by atoms with Crippen LogP contribution in [0.25, 0.3) is 0 Å². The number of aromatic nitrogens is 3. The summed E-state index contributed by atoms with van der Waals surface area (Å²) >= 11 is 5.67. The van der Waals surface area contributed by atoms with Gasteiger partial charge < -0.3 is 15.4 Å². The molecule has 6 nitrogen and oxygen atoms in total. The third-order valence-corrected chi connectivity index (χ3v) is 1.59. The largest absolute Gasteiger partial charge is 0.383 e. The number of hydrogen-bond acceptors (Lipinski definition) is 6. The monoisotopic (exact) mass is 217 g/mol. The summed E-state index contributed by atoms with van der Waals surface area (Å²) in [5.74, 6) is 0.872. The first-order valence-electron chi connectivity index (χ1n) is 4.08. The Morgan fingerprint density at radius 2 is 2.00 bits per heavy atom. The van der Waals surface area contributed by atoms with Gasteiger partial charge in [-0.1, -0.05) is 0 Å². The summed E-state index contributed by atoms with van der Waals surface area (Å²) in [6.45, 7) is 1.21. The Kier molecular flexibility index (Phi) is 4.34. The molecule has 1 rings (SSSR count). The molecule has 0 radical (unpaired) electrons. The van der Waals surface area contributed by atoms with Gasteiger partial charge in [0.2, 0.25) is 17.2 Å². The minimum absolute atomic E-state index is 0.157. The van der Waals surface area contributed by atoms with Crippen LogP contribution in [0.15, 0.2) is 0 Å². The van der Waals surface area contributed by atoms with Gasteiger partial charge in [0, 0.05) is 20.7 Å². The molecular formula is C7H12ClN5O. The highest BCUT2D eigenvalue weighted by Gasteiger charge is 2.02. The number of methoxy groups -OCH3 is 1. The van der Waals surface area contributed by atoms with Crippen LogP contribution in [0.5, 0.6) is 0 Å². The van der Waals surface area contributed by atoms with E-state index in [1.807, 2.05) is 0 Å². The molecule has 7 heteroatoms. The van der Waals surface area contributed by atoms with Crippen molar-refractivity contribution in [2.75, 3.05) is 37.9 Å². The Morgan fingerprint density at radius 1 is 1.29 bits per heavy atom. The highest BCUT2D eigenvalue weighted by atomic mass is 35.5. The first-order valence-corrected chi connectivity index (χ1v) is 4.46. The van der Waals surface area contributed by atoms with Gasteiger partial charge in [0.15, 0.2) is 0 Å². The van der Waals surface area contributed by atoms with Gasteiger partial charge in [-0.2, -0.15) is 15.0 Å². The number of rotatable bonds is 5. The number of ether oxygens (including phenoxy) is 1. The van der Waals surface area contributed by atoms with Crippen molar-refractivity contribution in [2.24, 2.45) is 0 Å². The zero-order valence-corrected chi connectivity index (χ0v) is 8.80. The highest BCUT2D eigenvalue weighted by Crippen LogP contribution is 2.08. The Bertz CT molecular complexity index is 295. The van der Waals surface area contributed by atoms with Crippen molar-refractivity contribution in [2.45, 2.75) is 0 Å². The van der Waals surface area contributed by atoms with Crippen LogP contribution in [-0.2, 0) is 4.74 Å². The second kappa shape index (κ2) is 5.56. The average molecular weight is 218 g/mol. The maximum absolute atomic E-state index is 5.67. The van der Waals surface area contributed by atoms with E-state index in [1.54, 1.807) is 14.2 Å². The van der Waals surface area contributed by atoms with Crippen molar-refractivity contribution in [3.63, 3.8) is 0 Å². The highest BCUT2D eigenvalue weighted by molar-refractivity contribution is 6.28. The molecule has 0 aliphatic heterocycles. The second-order valence-corrected chi connectivity index (χ2v) is 2.76. The summed E-state index contributed by atoms with van der Waals surface area (Å²) in [5.41, 5.74) is 0. The fourth-order valence-electron chi connectivity index (χ4n) is 0.806. The number of anilines is 2. The molecule has 0 aliphatic rings. The molecule has 0 unspecified atom stereocenters. The van der Waals surface area contributed by atoms with Gasteiger partial charge in [-0.3, -0.25) is 0 Å². The molecule has 0 bridgehead atoms. The van der Waals surface area contributed by atoms with Crippen LogP contribution < -0.4 is 10.6 Å². The molecule has 1 aromatic heterocycles. The van der Waals surface area contributed by atoms with E-state index in [0.717, 1.165) is 0 Å². The summed E-state index contributed by atoms with van der Waals surface area (Å²) in [6, 6.07) is 0. The van der Waals surface area contributed by atoms with E-state index in [2.05, 4.69) is 25.6 Å². The summed E-state index contributed by atoms with van der Waals surface area (Å²) in [4.78, 5) is 11.8. The Balaban J connectivity index is 2.62. The molecule has 0 fully saturated rings. The van der Waals surface area contributed by atoms with Crippen LogP contribution in [0.4, 0.5) is 11.9 Å². The van der Waals surface area contributed by atoms with Crippen molar-refractivity contribution < 1.29 is 4.74 Å². The fourth-order valence-corrected chi connectivity index (χ4v) is 0.966. The van der Waals surface area contributed by atoms with Gasteiger partial charge >= 0.3 is 0 Å². The molecule has 2 N–H and O–H groups in total. The maximum atomic E-state index is 5.67. The third kappa shape index (κ3) is 3.31. The van der Waals surface area contributed by atoms with Gasteiger partial charge in [-0.25, -0.2) is 0 Å². The summed E-state index contributed by atoms with van der Waals surface area (Å²) < 4.78 is 4.87. The van der Waals surface area contributed by atoms with Crippen molar-refractivity contribution in [1.82, 2.24) is 15.0 Å². The SMILES string of the molecule is CNc1nc(Cl)nc(NCCOC)n1. The molecule has 0 spiro atoms. The van der Waals surface area contributed by atoms with Gasteiger partial charge in [0.05, 0.1) is 6.61 Å². The zero-order valence-electron chi connectivity index (χ0n) is 8.04. The van der Waals surface area contributed by atoms with Crippen LogP contribution in [0.2, 0.25) is 5.28 Å². The predicted molar refractivity (Wildman–Crippen MR) is 54.7 cm³/mol. The minimum Gasteiger partial charge on any atom is -0.383 e. The van der Waals surface area contributed by atoms with E-state index in [9.17, 15) is 0 Å². The van der Waals surface area contributed by atoms with Gasteiger partial charge in [-0.05, 0) is 11.6 Å². The molecule has 0 atom stereocenters. The number of halogens is 1. The normalized spacial score (nSPS) is 9.93. The second-order valence-electron chi connectivity index (χ2n) is 2.42. The topological polar surface area (TPSA) is 72.0 Å². The van der Waals surface area contributed by atoms with Crippen LogP contribution in [0.3, 0.4) is 0 Å². The lowest BCUT2D eigenvalue weighted by molar-refractivity contribution is 0.210. The minimum atomic E-state index is 0.157. The average Bonchev–Trinajstić information content (AvgIpc) is 2.17. The Hall–Kier alpha value is -1.14. The van der Waals surface area contributed by atoms with Crippen LogP contribution in [0, 0.1) is 0 Å². The Morgan fingerprint density at radius 3 is 2.64 bits per heavy atom. The van der Waals surface area contributed by atoms with Crippen molar-refractivity contribution in [1.29, 1.82) is 0 Å². The number of nitrogens with zero attached hydrogens (tertiary/aromatic N) is 3. The van der Waals surface area contributed by atoms with E-state index < -0.39 is 0 Å². The molecule has 78 valence electrons. The molecule has 1 aromatic rings. The molecular weight excluding hydrogens is 206 g/mol. The first kappa shape index (κ1) is 10.9. The Labute approximate surface area is 87.1 Å². The molecule has 0 aliphatic carbocycles. The molecule has 0 amide bonds. The van der Waals surface area contributed by atoms with E-state index in [0.29, 0.717) is 25.0 Å². The standard InChI is InChI=1S/C7H12ClN5O/c1-9-6-11-5(8)12-7(13-6)10-3-4-14-2/h3-4H2,1-2H3,(H2,9,10,11,12,13). The molecule has 0 saturated heterocycles. The number of hydrogen-bond donors (Lipinski definition) is 2. The maximum Gasteiger partial charge on any atom is 0.228 e. The lowest BCUT2D eigenvalue weighted by Crippen LogP contribution is -2.11. The van der Waals surface area contributed by atoms with Crippen molar-refractivity contribution in [3.8, 4) is 0 Å². The smallest absolute Gasteiger partial charge is 0.228 e. The van der Waals surface area contributed by atoms with Gasteiger partial charge in [0.25, 0.3) is 0 Å². The predicted octanol–water partition coefficient (Wildman–Crippen LogP) is 0.625. The van der Waals surface area contributed by atoms with Crippen LogP contribution >= 0.6 is 11.6 Å². The van der Waals surface area contributed by atoms with Gasteiger partial charge in [-0.15, -0.1) is 0 Å². The molecule has 0 aromatic carbocycles. The van der Waals surface area contributed by atoms with E-state index in [-0.39, 0.29) is 5.28 Å². The first-order chi connectivity index (χ1) is 6.76.